The van der Waals surface area contributed by atoms with Gasteiger partial charge in [0.05, 0.1) is 24.8 Å². The zero-order valence-corrected chi connectivity index (χ0v) is 25.7. The van der Waals surface area contributed by atoms with Gasteiger partial charge in [0.1, 0.15) is 17.0 Å². The summed E-state index contributed by atoms with van der Waals surface area (Å²) < 4.78 is 21.1. The highest BCUT2D eigenvalue weighted by molar-refractivity contribution is 5.70. The number of methoxy groups -OCH3 is 2. The molecule has 0 atom stereocenters. The van der Waals surface area contributed by atoms with Gasteiger partial charge in [0.25, 0.3) is 0 Å². The van der Waals surface area contributed by atoms with Crippen LogP contribution >= 0.6 is 0 Å². The van der Waals surface area contributed by atoms with E-state index in [1.165, 1.54) is 18.7 Å². The number of amides is 2. The lowest BCUT2D eigenvalue weighted by molar-refractivity contribution is -0.385. The Morgan fingerprint density at radius 1 is 0.762 bits per heavy atom. The molecule has 12 heteroatoms. The Balaban J connectivity index is 0.000000231. The van der Waals surface area contributed by atoms with E-state index in [0.29, 0.717) is 44.0 Å². The van der Waals surface area contributed by atoms with Crippen molar-refractivity contribution in [3.8, 4) is 11.5 Å². The molecule has 2 N–H and O–H groups in total. The summed E-state index contributed by atoms with van der Waals surface area (Å²) in [5, 5.41) is 11.0. The Bertz CT molecular complexity index is 1330. The van der Waals surface area contributed by atoms with Crippen LogP contribution in [0.5, 0.6) is 11.5 Å². The largest absolute Gasteiger partial charge is 0.495 e. The number of hydrogen-bond donors (Lipinski definition) is 1. The Labute approximate surface area is 246 Å². The highest BCUT2D eigenvalue weighted by Gasteiger charge is 2.29. The molecule has 12 nitrogen and oxygen atoms in total. The van der Waals surface area contributed by atoms with Gasteiger partial charge in [-0.3, -0.25) is 10.1 Å². The van der Waals surface area contributed by atoms with Gasteiger partial charge in [-0.2, -0.15) is 0 Å². The molecule has 0 aliphatic carbocycles. The number of carbonyl (C=O) groups is 2. The molecular formula is C30H42N4O8. The number of nitro groups is 1. The van der Waals surface area contributed by atoms with E-state index in [4.69, 9.17) is 24.7 Å². The molecule has 2 amide bonds. The first-order valence-electron chi connectivity index (χ1n) is 13.8. The predicted octanol–water partition coefficient (Wildman–Crippen LogP) is 5.47. The van der Waals surface area contributed by atoms with Crippen molar-refractivity contribution < 1.29 is 33.5 Å². The minimum absolute atomic E-state index is 0.0491. The maximum atomic E-state index is 12.1. The van der Waals surface area contributed by atoms with Gasteiger partial charge in [-0.1, -0.05) is 0 Å². The quantitative estimate of drug-likeness (QED) is 0.281. The molecule has 0 saturated heterocycles. The van der Waals surface area contributed by atoms with Gasteiger partial charge in [0, 0.05) is 32.2 Å². The molecule has 4 rings (SSSR count). The van der Waals surface area contributed by atoms with Crippen LogP contribution in [0.15, 0.2) is 24.3 Å². The first kappa shape index (κ1) is 32.3. The molecule has 0 saturated carbocycles. The van der Waals surface area contributed by atoms with Gasteiger partial charge < -0.3 is 34.5 Å². The highest BCUT2D eigenvalue weighted by Crippen LogP contribution is 2.33. The number of benzene rings is 2. The summed E-state index contributed by atoms with van der Waals surface area (Å²) in [5.41, 5.74) is 9.41. The van der Waals surface area contributed by atoms with E-state index in [1.54, 1.807) is 23.0 Å². The van der Waals surface area contributed by atoms with Gasteiger partial charge in [-0.25, -0.2) is 9.59 Å². The number of nitro benzene ring substituents is 1. The van der Waals surface area contributed by atoms with Gasteiger partial charge in [-0.05, 0) is 94.8 Å². The molecule has 42 heavy (non-hydrogen) atoms. The number of hydrogen-bond acceptors (Lipinski definition) is 9. The Hall–Kier alpha value is -4.22. The van der Waals surface area contributed by atoms with Crippen molar-refractivity contribution >= 4 is 23.6 Å². The normalized spacial score (nSPS) is 14.5. The molecule has 2 aliphatic heterocycles. The SMILES string of the molecule is COc1cc2c(cc1N)CCN(C(=O)OC(C)(C)C)C2.COc1cc2c(cc1[N+](=O)[O-])CCN(C(=O)OC(C)(C)C)C2. The molecule has 230 valence electrons. The molecule has 0 radical (unpaired) electrons. The van der Waals surface area contributed by atoms with Crippen molar-refractivity contribution in [3.63, 3.8) is 0 Å². The summed E-state index contributed by atoms with van der Waals surface area (Å²) in [5.74, 6) is 0.851. The minimum Gasteiger partial charge on any atom is -0.495 e. The van der Waals surface area contributed by atoms with Crippen LogP contribution in [0.3, 0.4) is 0 Å². The second-order valence-electron chi connectivity index (χ2n) is 12.2. The fraction of sp³-hybridized carbons (Fsp3) is 0.533. The van der Waals surface area contributed by atoms with Crippen LogP contribution in [0.25, 0.3) is 0 Å². The number of nitrogens with two attached hydrogens (primary N) is 1. The fourth-order valence-electron chi connectivity index (χ4n) is 4.63. The van der Waals surface area contributed by atoms with E-state index in [-0.39, 0.29) is 23.6 Å². The number of nitrogens with zero attached hydrogens (tertiary/aromatic N) is 3. The van der Waals surface area contributed by atoms with Crippen LogP contribution in [0.4, 0.5) is 21.0 Å². The van der Waals surface area contributed by atoms with E-state index >= 15 is 0 Å². The van der Waals surface area contributed by atoms with E-state index in [1.807, 2.05) is 53.7 Å². The minimum atomic E-state index is -0.551. The van der Waals surface area contributed by atoms with Gasteiger partial charge in [-0.15, -0.1) is 0 Å². The van der Waals surface area contributed by atoms with Crippen LogP contribution in [0, 0.1) is 10.1 Å². The summed E-state index contributed by atoms with van der Waals surface area (Å²) >= 11 is 0. The standard InChI is InChI=1S/C15H20N2O5.C15H22N2O3/c1-15(2,3)22-14(18)16-6-5-10-7-12(17(19)20)13(21-4)8-11(10)9-16;1-15(2,3)20-14(18)17-6-5-10-7-12(16)13(19-4)8-11(10)9-17/h7-8H,5-6,9H2,1-4H3;7-8H,5-6,9,16H2,1-4H3. The third-order valence-electron chi connectivity index (χ3n) is 6.58. The van der Waals surface area contributed by atoms with Crippen molar-refractivity contribution in [1.29, 1.82) is 0 Å². The second-order valence-corrected chi connectivity index (χ2v) is 12.2. The van der Waals surface area contributed by atoms with Crippen LogP contribution in [0.1, 0.15) is 63.8 Å². The molecule has 2 aliphatic rings. The smallest absolute Gasteiger partial charge is 0.410 e. The lowest BCUT2D eigenvalue weighted by Gasteiger charge is -2.31. The van der Waals surface area contributed by atoms with Crippen LogP contribution < -0.4 is 15.2 Å². The van der Waals surface area contributed by atoms with E-state index < -0.39 is 16.1 Å². The third kappa shape index (κ3) is 8.40. The average molecular weight is 587 g/mol. The summed E-state index contributed by atoms with van der Waals surface area (Å²) in [6.07, 6.45) is 0.678. The van der Waals surface area contributed by atoms with Crippen LogP contribution in [-0.2, 0) is 35.4 Å². The maximum Gasteiger partial charge on any atom is 0.410 e. The van der Waals surface area contributed by atoms with E-state index in [0.717, 1.165) is 23.1 Å². The van der Waals surface area contributed by atoms with Crippen molar-refractivity contribution in [3.05, 3.63) is 56.6 Å². The number of carbonyl (C=O) groups excluding carboxylic acids is 2. The third-order valence-corrected chi connectivity index (χ3v) is 6.58. The zero-order chi connectivity index (χ0) is 31.4. The van der Waals surface area contributed by atoms with Crippen LogP contribution in [-0.4, -0.2) is 65.4 Å². The van der Waals surface area contributed by atoms with Crippen molar-refractivity contribution in [2.75, 3.05) is 33.0 Å². The number of fused-ring (bicyclic) bond motifs is 2. The average Bonchev–Trinajstić information content (AvgIpc) is 2.89. The fourth-order valence-corrected chi connectivity index (χ4v) is 4.63. The van der Waals surface area contributed by atoms with Gasteiger partial charge in [0.2, 0.25) is 0 Å². The molecule has 0 spiro atoms. The van der Waals surface area contributed by atoms with E-state index in [9.17, 15) is 19.7 Å². The predicted molar refractivity (Wildman–Crippen MR) is 158 cm³/mol. The van der Waals surface area contributed by atoms with Crippen molar-refractivity contribution in [1.82, 2.24) is 9.80 Å². The monoisotopic (exact) mass is 586 g/mol. The summed E-state index contributed by atoms with van der Waals surface area (Å²) in [4.78, 5) is 38.1. The molecule has 0 fully saturated rings. The van der Waals surface area contributed by atoms with Crippen molar-refractivity contribution in [2.24, 2.45) is 0 Å². The van der Waals surface area contributed by atoms with Gasteiger partial charge in [0.15, 0.2) is 5.75 Å². The lowest BCUT2D eigenvalue weighted by atomic mass is 9.98. The zero-order valence-electron chi connectivity index (χ0n) is 25.7. The first-order chi connectivity index (χ1) is 19.5. The molecular weight excluding hydrogens is 544 g/mol. The number of anilines is 1. The topological polar surface area (TPSA) is 147 Å². The number of nitrogen functional groups attached to an aromatic ring is 1. The lowest BCUT2D eigenvalue weighted by Crippen LogP contribution is -2.39. The van der Waals surface area contributed by atoms with Crippen LogP contribution in [0.2, 0.25) is 0 Å². The van der Waals surface area contributed by atoms with Gasteiger partial charge >= 0.3 is 17.9 Å². The van der Waals surface area contributed by atoms with E-state index in [2.05, 4.69) is 0 Å². The highest BCUT2D eigenvalue weighted by atomic mass is 16.6. The Morgan fingerprint density at radius 2 is 1.19 bits per heavy atom. The molecule has 0 bridgehead atoms. The summed E-state index contributed by atoms with van der Waals surface area (Å²) in [6.45, 7) is 13.1. The summed E-state index contributed by atoms with van der Waals surface area (Å²) in [7, 11) is 2.98. The summed E-state index contributed by atoms with van der Waals surface area (Å²) in [6, 6.07) is 6.99. The Morgan fingerprint density at radius 3 is 1.60 bits per heavy atom. The Kier molecular flexibility index (Phi) is 9.80. The number of rotatable bonds is 3. The molecule has 2 aromatic rings. The molecule has 2 aromatic carbocycles. The first-order valence-corrected chi connectivity index (χ1v) is 13.8. The molecule has 0 unspecified atom stereocenters. The number of ether oxygens (including phenoxy) is 4. The molecule has 0 aromatic heterocycles. The second kappa shape index (κ2) is 12.7. The molecule has 2 heterocycles. The maximum absolute atomic E-state index is 12.1. The van der Waals surface area contributed by atoms with Crippen molar-refractivity contribution in [2.45, 2.75) is 78.7 Å².